The number of amides is 2. The van der Waals surface area contributed by atoms with Crippen LogP contribution < -0.4 is 10.9 Å². The predicted molar refractivity (Wildman–Crippen MR) is 120 cm³/mol. The van der Waals surface area contributed by atoms with E-state index in [1.54, 1.807) is 47.3 Å². The van der Waals surface area contributed by atoms with Crippen LogP contribution in [-0.4, -0.2) is 26.6 Å². The Bertz CT molecular complexity index is 1250. The van der Waals surface area contributed by atoms with Gasteiger partial charge < -0.3 is 0 Å². The molecule has 0 atom stereocenters. The summed E-state index contributed by atoms with van der Waals surface area (Å²) in [6.07, 6.45) is 3.12. The van der Waals surface area contributed by atoms with Crippen molar-refractivity contribution in [2.45, 2.75) is 19.8 Å². The molecule has 0 unspecified atom stereocenters. The minimum Gasteiger partial charge on any atom is -0.267 e. The van der Waals surface area contributed by atoms with Crippen molar-refractivity contribution >= 4 is 23.2 Å². The summed E-state index contributed by atoms with van der Waals surface area (Å²) in [6.45, 7) is 3.91. The molecule has 162 valence electrons. The molecular formula is C23H20FN5O2S. The zero-order valence-electron chi connectivity index (χ0n) is 17.4. The molecule has 0 aliphatic rings. The standard InChI is InChI=1S/C23H20FN5O2S/c1-14(2)21-17(13-26-29(21)20-5-3-4-12-25-20)22(30)27-28-23(31)19-11-10-18(32-19)15-6-8-16(24)9-7-15/h3-14H,1-2H3,(H,27,30)(H,28,31). The third kappa shape index (κ3) is 4.42. The highest BCUT2D eigenvalue weighted by atomic mass is 32.1. The molecule has 0 spiro atoms. The largest absolute Gasteiger partial charge is 0.279 e. The smallest absolute Gasteiger partial charge is 0.267 e. The summed E-state index contributed by atoms with van der Waals surface area (Å²) in [6, 6.07) is 14.9. The fourth-order valence-electron chi connectivity index (χ4n) is 3.22. The topological polar surface area (TPSA) is 88.9 Å². The molecule has 4 rings (SSSR count). The van der Waals surface area contributed by atoms with E-state index in [1.165, 1.54) is 29.7 Å². The molecule has 0 saturated carbocycles. The second kappa shape index (κ2) is 9.11. The average molecular weight is 450 g/mol. The number of rotatable bonds is 5. The number of carbonyl (C=O) groups is 2. The van der Waals surface area contributed by atoms with Crippen molar-refractivity contribution in [3.05, 3.63) is 88.9 Å². The summed E-state index contributed by atoms with van der Waals surface area (Å²) in [5.41, 5.74) is 6.75. The molecule has 0 aliphatic heterocycles. The van der Waals surface area contributed by atoms with Crippen LogP contribution in [0.4, 0.5) is 4.39 Å². The van der Waals surface area contributed by atoms with E-state index in [2.05, 4.69) is 20.9 Å². The van der Waals surface area contributed by atoms with Crippen molar-refractivity contribution in [1.82, 2.24) is 25.6 Å². The van der Waals surface area contributed by atoms with Gasteiger partial charge in [-0.15, -0.1) is 11.3 Å². The van der Waals surface area contributed by atoms with E-state index in [0.29, 0.717) is 22.0 Å². The van der Waals surface area contributed by atoms with Gasteiger partial charge in [-0.3, -0.25) is 20.4 Å². The summed E-state index contributed by atoms with van der Waals surface area (Å²) in [5, 5.41) is 4.31. The number of aromatic nitrogens is 3. The van der Waals surface area contributed by atoms with Crippen LogP contribution in [0.3, 0.4) is 0 Å². The second-order valence-corrected chi connectivity index (χ2v) is 8.36. The molecule has 3 aromatic heterocycles. The molecule has 1 aromatic carbocycles. The number of hydrogen-bond donors (Lipinski definition) is 2. The van der Waals surface area contributed by atoms with E-state index < -0.39 is 11.8 Å². The van der Waals surface area contributed by atoms with Gasteiger partial charge in [-0.05, 0) is 47.9 Å². The Morgan fingerprint density at radius 1 is 1.00 bits per heavy atom. The van der Waals surface area contributed by atoms with Gasteiger partial charge in [0.15, 0.2) is 5.82 Å². The molecule has 2 N–H and O–H groups in total. The van der Waals surface area contributed by atoms with Gasteiger partial charge in [0.1, 0.15) is 5.82 Å². The SMILES string of the molecule is CC(C)c1c(C(=O)NNC(=O)c2ccc(-c3ccc(F)cc3)s2)cnn1-c1ccccn1. The predicted octanol–water partition coefficient (Wildman–Crippen LogP) is 4.33. The fourth-order valence-corrected chi connectivity index (χ4v) is 4.13. The molecule has 0 aliphatic carbocycles. The minimum absolute atomic E-state index is 0.00785. The first-order chi connectivity index (χ1) is 15.4. The Morgan fingerprint density at radius 3 is 2.44 bits per heavy atom. The van der Waals surface area contributed by atoms with Gasteiger partial charge in [-0.25, -0.2) is 14.1 Å². The van der Waals surface area contributed by atoms with E-state index in [4.69, 9.17) is 0 Å². The zero-order chi connectivity index (χ0) is 22.7. The highest BCUT2D eigenvalue weighted by molar-refractivity contribution is 7.17. The molecule has 0 bridgehead atoms. The maximum absolute atomic E-state index is 13.1. The number of hydrazine groups is 1. The summed E-state index contributed by atoms with van der Waals surface area (Å²) >= 11 is 1.25. The molecule has 7 nitrogen and oxygen atoms in total. The number of benzene rings is 1. The first-order valence-corrected chi connectivity index (χ1v) is 10.7. The molecule has 0 saturated heterocycles. The van der Waals surface area contributed by atoms with Gasteiger partial charge >= 0.3 is 0 Å². The lowest BCUT2D eigenvalue weighted by Gasteiger charge is -2.12. The van der Waals surface area contributed by atoms with Crippen LogP contribution in [-0.2, 0) is 0 Å². The summed E-state index contributed by atoms with van der Waals surface area (Å²) in [7, 11) is 0. The van der Waals surface area contributed by atoms with Crippen LogP contribution in [0.2, 0.25) is 0 Å². The van der Waals surface area contributed by atoms with Gasteiger partial charge in [-0.1, -0.05) is 32.0 Å². The monoisotopic (exact) mass is 449 g/mol. The Balaban J connectivity index is 1.47. The van der Waals surface area contributed by atoms with E-state index in [0.717, 1.165) is 10.4 Å². The van der Waals surface area contributed by atoms with Crippen LogP contribution in [0.5, 0.6) is 0 Å². The van der Waals surface area contributed by atoms with Crippen molar-refractivity contribution in [1.29, 1.82) is 0 Å². The van der Waals surface area contributed by atoms with Crippen molar-refractivity contribution < 1.29 is 14.0 Å². The number of nitrogens with zero attached hydrogens (tertiary/aromatic N) is 3. The number of thiophene rings is 1. The average Bonchev–Trinajstić information content (AvgIpc) is 3.46. The van der Waals surface area contributed by atoms with Crippen LogP contribution in [0.1, 0.15) is 45.5 Å². The first kappa shape index (κ1) is 21.4. The molecule has 2 amide bonds. The number of pyridine rings is 1. The normalized spacial score (nSPS) is 10.9. The number of hydrogen-bond acceptors (Lipinski definition) is 5. The molecule has 9 heteroatoms. The highest BCUT2D eigenvalue weighted by Crippen LogP contribution is 2.28. The lowest BCUT2D eigenvalue weighted by molar-refractivity contribution is 0.0848. The molecular weight excluding hydrogens is 429 g/mol. The Labute approximate surface area is 187 Å². The Morgan fingerprint density at radius 2 is 1.75 bits per heavy atom. The molecule has 0 fully saturated rings. The molecule has 0 radical (unpaired) electrons. The van der Waals surface area contributed by atoms with Crippen molar-refractivity contribution in [2.24, 2.45) is 0 Å². The van der Waals surface area contributed by atoms with Crippen LogP contribution >= 0.6 is 11.3 Å². The molecule has 3 heterocycles. The minimum atomic E-state index is -0.473. The van der Waals surface area contributed by atoms with E-state index in [-0.39, 0.29) is 11.7 Å². The first-order valence-electron chi connectivity index (χ1n) is 9.90. The molecule has 32 heavy (non-hydrogen) atoms. The highest BCUT2D eigenvalue weighted by Gasteiger charge is 2.22. The third-order valence-corrected chi connectivity index (χ3v) is 5.85. The number of carbonyl (C=O) groups excluding carboxylic acids is 2. The lowest BCUT2D eigenvalue weighted by Crippen LogP contribution is -2.41. The summed E-state index contributed by atoms with van der Waals surface area (Å²) in [5.74, 6) is -0.643. The maximum Gasteiger partial charge on any atom is 0.279 e. The zero-order valence-corrected chi connectivity index (χ0v) is 18.2. The Kier molecular flexibility index (Phi) is 6.09. The van der Waals surface area contributed by atoms with Gasteiger partial charge in [0, 0.05) is 11.1 Å². The maximum atomic E-state index is 13.1. The second-order valence-electron chi connectivity index (χ2n) is 7.28. The van der Waals surface area contributed by atoms with Gasteiger partial charge in [0.05, 0.1) is 22.3 Å². The van der Waals surface area contributed by atoms with Crippen molar-refractivity contribution in [3.8, 4) is 16.3 Å². The van der Waals surface area contributed by atoms with E-state index >= 15 is 0 Å². The van der Waals surface area contributed by atoms with Gasteiger partial charge in [0.25, 0.3) is 11.8 Å². The van der Waals surface area contributed by atoms with Crippen molar-refractivity contribution in [3.63, 3.8) is 0 Å². The quantitative estimate of drug-likeness (QED) is 0.444. The number of halogens is 1. The third-order valence-electron chi connectivity index (χ3n) is 4.71. The molecule has 4 aromatic rings. The van der Waals surface area contributed by atoms with E-state index in [9.17, 15) is 14.0 Å². The summed E-state index contributed by atoms with van der Waals surface area (Å²) in [4.78, 5) is 30.8. The summed E-state index contributed by atoms with van der Waals surface area (Å²) < 4.78 is 14.7. The lowest BCUT2D eigenvalue weighted by atomic mass is 10.1. The van der Waals surface area contributed by atoms with Crippen LogP contribution in [0, 0.1) is 5.82 Å². The van der Waals surface area contributed by atoms with Crippen LogP contribution in [0.15, 0.2) is 67.0 Å². The van der Waals surface area contributed by atoms with E-state index in [1.807, 2.05) is 19.9 Å². The van der Waals surface area contributed by atoms with Gasteiger partial charge in [0.2, 0.25) is 0 Å². The Hall–Kier alpha value is -3.85. The van der Waals surface area contributed by atoms with Gasteiger partial charge in [-0.2, -0.15) is 5.10 Å². The van der Waals surface area contributed by atoms with Crippen molar-refractivity contribution in [2.75, 3.05) is 0 Å². The van der Waals surface area contributed by atoms with Crippen LogP contribution in [0.25, 0.3) is 16.3 Å². The fraction of sp³-hybridized carbons (Fsp3) is 0.130. The number of nitrogens with one attached hydrogen (secondary N) is 2.